The number of benzene rings is 1. The molecule has 2 aliphatic rings. The Morgan fingerprint density at radius 1 is 1.09 bits per heavy atom. The number of likely N-dealkylation sites (tertiary alicyclic amines) is 1. The highest BCUT2D eigenvalue weighted by Gasteiger charge is 2.42. The fraction of sp³-hybridized carbons (Fsp3) is 0.500. The van der Waals surface area contributed by atoms with Crippen molar-refractivity contribution in [2.45, 2.75) is 51.9 Å². The number of aryl methyl sites for hydroxylation is 2. The summed E-state index contributed by atoms with van der Waals surface area (Å²) in [4.78, 5) is 28.8. The highest BCUT2D eigenvalue weighted by molar-refractivity contribution is 5.84. The Morgan fingerprint density at radius 3 is 2.39 bits per heavy atom. The molecule has 1 atom stereocenters. The first kappa shape index (κ1) is 21.8. The molecule has 2 aliphatic heterocycles. The van der Waals surface area contributed by atoms with Gasteiger partial charge in [0.2, 0.25) is 5.91 Å². The second kappa shape index (κ2) is 8.39. The van der Waals surface area contributed by atoms with Crippen LogP contribution >= 0.6 is 0 Å². The molecule has 0 aliphatic carbocycles. The number of nitrogens with zero attached hydrogens (tertiary/aromatic N) is 5. The number of carbonyl (C=O) groups is 1. The van der Waals surface area contributed by atoms with Crippen molar-refractivity contribution in [1.82, 2.24) is 24.5 Å². The second-order valence-corrected chi connectivity index (χ2v) is 8.75. The van der Waals surface area contributed by atoms with Gasteiger partial charge in [-0.2, -0.15) is 10.2 Å². The highest BCUT2D eigenvalue weighted by atomic mass is 16.7. The SMILES string of the molecule is CC[C@@H](C(=O)N1CCC2(CC1)OCCO2)n1nc(C)c2nn(-c3ccccc3)c(C)c2c1=O. The van der Waals surface area contributed by atoms with E-state index in [-0.39, 0.29) is 11.5 Å². The third-order valence-electron chi connectivity index (χ3n) is 6.76. The van der Waals surface area contributed by atoms with Gasteiger partial charge in [0, 0.05) is 25.9 Å². The number of para-hydroxylation sites is 1. The van der Waals surface area contributed by atoms with E-state index >= 15 is 0 Å². The van der Waals surface area contributed by atoms with E-state index in [2.05, 4.69) is 10.2 Å². The normalized spacial score (nSPS) is 18.8. The topological polar surface area (TPSA) is 91.5 Å². The molecule has 1 amide bonds. The van der Waals surface area contributed by atoms with Gasteiger partial charge < -0.3 is 14.4 Å². The van der Waals surface area contributed by atoms with Crippen LogP contribution in [0.25, 0.3) is 16.6 Å². The molecule has 33 heavy (non-hydrogen) atoms. The summed E-state index contributed by atoms with van der Waals surface area (Å²) in [5, 5.41) is 9.70. The van der Waals surface area contributed by atoms with Crippen LogP contribution in [0.3, 0.4) is 0 Å². The maximum absolute atomic E-state index is 13.6. The summed E-state index contributed by atoms with van der Waals surface area (Å²) < 4.78 is 14.7. The Balaban J connectivity index is 1.49. The van der Waals surface area contributed by atoms with Crippen LogP contribution in [0.5, 0.6) is 0 Å². The zero-order chi connectivity index (χ0) is 23.2. The number of hydrogen-bond acceptors (Lipinski definition) is 6. The molecular formula is C24H29N5O4. The number of aromatic nitrogens is 4. The second-order valence-electron chi connectivity index (χ2n) is 8.75. The van der Waals surface area contributed by atoms with Crippen molar-refractivity contribution in [3.05, 3.63) is 52.1 Å². The Kier molecular flexibility index (Phi) is 5.54. The van der Waals surface area contributed by atoms with Crippen LogP contribution in [0.4, 0.5) is 0 Å². The molecule has 0 bridgehead atoms. The van der Waals surface area contributed by atoms with Crippen molar-refractivity contribution < 1.29 is 14.3 Å². The third kappa shape index (κ3) is 3.65. The smallest absolute Gasteiger partial charge is 0.278 e. The lowest BCUT2D eigenvalue weighted by Gasteiger charge is -2.38. The van der Waals surface area contributed by atoms with Gasteiger partial charge in [-0.1, -0.05) is 25.1 Å². The van der Waals surface area contributed by atoms with E-state index in [0.29, 0.717) is 62.2 Å². The Labute approximate surface area is 191 Å². The molecule has 1 spiro atoms. The van der Waals surface area contributed by atoms with Gasteiger partial charge in [-0.25, -0.2) is 9.36 Å². The van der Waals surface area contributed by atoms with Crippen molar-refractivity contribution in [1.29, 1.82) is 0 Å². The van der Waals surface area contributed by atoms with E-state index in [1.807, 2.05) is 51.1 Å². The molecule has 1 aromatic carbocycles. The first-order valence-electron chi connectivity index (χ1n) is 11.5. The predicted molar refractivity (Wildman–Crippen MR) is 122 cm³/mol. The maximum Gasteiger partial charge on any atom is 0.278 e. The summed E-state index contributed by atoms with van der Waals surface area (Å²) in [5.74, 6) is -0.640. The summed E-state index contributed by atoms with van der Waals surface area (Å²) in [6, 6.07) is 9.02. The number of piperidine rings is 1. The zero-order valence-electron chi connectivity index (χ0n) is 19.3. The first-order chi connectivity index (χ1) is 15.9. The monoisotopic (exact) mass is 451 g/mol. The molecule has 5 rings (SSSR count). The quantitative estimate of drug-likeness (QED) is 0.605. The Bertz CT molecular complexity index is 1230. The lowest BCUT2D eigenvalue weighted by molar-refractivity contribution is -0.188. The minimum Gasteiger partial charge on any atom is -0.347 e. The van der Waals surface area contributed by atoms with Crippen molar-refractivity contribution in [2.75, 3.05) is 26.3 Å². The fourth-order valence-electron chi connectivity index (χ4n) is 4.93. The summed E-state index contributed by atoms with van der Waals surface area (Å²) in [5.41, 5.74) is 2.51. The van der Waals surface area contributed by atoms with Crippen LogP contribution in [0.1, 0.15) is 43.6 Å². The van der Waals surface area contributed by atoms with Gasteiger partial charge in [-0.15, -0.1) is 0 Å². The summed E-state index contributed by atoms with van der Waals surface area (Å²) in [6.07, 6.45) is 1.74. The molecule has 2 aromatic heterocycles. The molecule has 0 saturated carbocycles. The Morgan fingerprint density at radius 2 is 1.76 bits per heavy atom. The Hall–Kier alpha value is -3.04. The highest BCUT2D eigenvalue weighted by Crippen LogP contribution is 2.32. The standard InChI is InChI=1S/C24H29N5O4/c1-4-19(22(30)27-12-10-24(11-13-27)32-14-15-33-24)29-23(31)20-17(3)28(18-8-6-5-7-9-18)26-21(20)16(2)25-29/h5-9,19H,4,10-15H2,1-3H3/t19-/m0/s1. The predicted octanol–water partition coefficient (Wildman–Crippen LogP) is 2.52. The van der Waals surface area contributed by atoms with E-state index in [1.165, 1.54) is 4.68 Å². The number of rotatable bonds is 4. The van der Waals surface area contributed by atoms with Crippen molar-refractivity contribution >= 4 is 16.8 Å². The molecule has 9 heteroatoms. The van der Waals surface area contributed by atoms with Gasteiger partial charge in [-0.05, 0) is 32.4 Å². The van der Waals surface area contributed by atoms with Crippen molar-refractivity contribution in [3.8, 4) is 5.69 Å². The molecule has 2 saturated heterocycles. The van der Waals surface area contributed by atoms with Crippen molar-refractivity contribution in [3.63, 3.8) is 0 Å². The van der Waals surface area contributed by atoms with Crippen LogP contribution in [-0.4, -0.2) is 62.5 Å². The van der Waals surface area contributed by atoms with Crippen LogP contribution < -0.4 is 5.56 Å². The number of hydrogen-bond donors (Lipinski definition) is 0. The summed E-state index contributed by atoms with van der Waals surface area (Å²) in [6.45, 7) is 7.89. The van der Waals surface area contributed by atoms with Gasteiger partial charge in [0.15, 0.2) is 5.79 Å². The molecular weight excluding hydrogens is 422 g/mol. The molecule has 2 fully saturated rings. The molecule has 4 heterocycles. The van der Waals surface area contributed by atoms with Crippen LogP contribution in [-0.2, 0) is 14.3 Å². The maximum atomic E-state index is 13.6. The van der Waals surface area contributed by atoms with Gasteiger partial charge in [0.25, 0.3) is 5.56 Å². The molecule has 0 N–H and O–H groups in total. The van der Waals surface area contributed by atoms with E-state index in [9.17, 15) is 9.59 Å². The first-order valence-corrected chi connectivity index (χ1v) is 11.5. The minimum absolute atomic E-state index is 0.0909. The molecule has 9 nitrogen and oxygen atoms in total. The molecule has 0 radical (unpaired) electrons. The average molecular weight is 452 g/mol. The fourth-order valence-corrected chi connectivity index (χ4v) is 4.93. The summed E-state index contributed by atoms with van der Waals surface area (Å²) >= 11 is 0. The van der Waals surface area contributed by atoms with E-state index in [0.717, 1.165) is 11.4 Å². The third-order valence-corrected chi connectivity index (χ3v) is 6.76. The number of carbonyl (C=O) groups excluding carboxylic acids is 1. The molecule has 0 unspecified atom stereocenters. The van der Waals surface area contributed by atoms with Gasteiger partial charge in [-0.3, -0.25) is 9.59 Å². The minimum atomic E-state index is -0.667. The average Bonchev–Trinajstić information content (AvgIpc) is 3.43. The molecule has 3 aromatic rings. The summed E-state index contributed by atoms with van der Waals surface area (Å²) in [7, 11) is 0. The van der Waals surface area contributed by atoms with Crippen LogP contribution in [0, 0.1) is 13.8 Å². The lowest BCUT2D eigenvalue weighted by Crippen LogP contribution is -2.50. The van der Waals surface area contributed by atoms with E-state index in [1.54, 1.807) is 9.58 Å². The largest absolute Gasteiger partial charge is 0.347 e. The zero-order valence-corrected chi connectivity index (χ0v) is 19.3. The van der Waals surface area contributed by atoms with E-state index < -0.39 is 11.8 Å². The number of fused-ring (bicyclic) bond motifs is 1. The number of ether oxygens (including phenoxy) is 2. The van der Waals surface area contributed by atoms with Gasteiger partial charge in [0.1, 0.15) is 11.6 Å². The van der Waals surface area contributed by atoms with Crippen molar-refractivity contribution in [2.24, 2.45) is 0 Å². The van der Waals surface area contributed by atoms with E-state index in [4.69, 9.17) is 9.47 Å². The lowest BCUT2D eigenvalue weighted by atomic mass is 10.0. The van der Waals surface area contributed by atoms with Crippen LogP contribution in [0.2, 0.25) is 0 Å². The van der Waals surface area contributed by atoms with Crippen LogP contribution in [0.15, 0.2) is 35.1 Å². The molecule has 174 valence electrons. The van der Waals surface area contributed by atoms with Gasteiger partial charge in [0.05, 0.1) is 35.7 Å². The number of amides is 1. The van der Waals surface area contributed by atoms with Gasteiger partial charge >= 0.3 is 0 Å².